The first-order valence-electron chi connectivity index (χ1n) is 7.57. The molecule has 0 atom stereocenters. The maximum absolute atomic E-state index is 12.5. The second kappa shape index (κ2) is 6.86. The van der Waals surface area contributed by atoms with Crippen molar-refractivity contribution in [3.05, 3.63) is 52.4 Å². The number of nitrogens with zero attached hydrogens (tertiary/aromatic N) is 3. The zero-order chi connectivity index (χ0) is 18.0. The molecule has 0 fully saturated rings. The van der Waals surface area contributed by atoms with Gasteiger partial charge in [0.15, 0.2) is 5.13 Å². The fourth-order valence-electron chi connectivity index (χ4n) is 2.28. The second-order valence-corrected chi connectivity index (χ2v) is 6.53. The molecular formula is C17H17N5O2S. The van der Waals surface area contributed by atoms with Crippen LogP contribution in [0.3, 0.4) is 0 Å². The zero-order valence-corrected chi connectivity index (χ0v) is 14.8. The number of aromatic hydroxyl groups is 1. The Hall–Kier alpha value is -3.00. The van der Waals surface area contributed by atoms with Crippen LogP contribution in [0.4, 0.5) is 16.6 Å². The lowest BCUT2D eigenvalue weighted by atomic mass is 10.1. The molecular weight excluding hydrogens is 338 g/mol. The van der Waals surface area contributed by atoms with E-state index >= 15 is 0 Å². The highest BCUT2D eigenvalue weighted by molar-refractivity contribution is 7.17. The van der Waals surface area contributed by atoms with Crippen LogP contribution in [0.2, 0.25) is 0 Å². The van der Waals surface area contributed by atoms with Crippen molar-refractivity contribution in [2.75, 3.05) is 10.6 Å². The monoisotopic (exact) mass is 355 g/mol. The maximum atomic E-state index is 12.5. The molecule has 0 aliphatic carbocycles. The third-order valence-corrected chi connectivity index (χ3v) is 4.54. The van der Waals surface area contributed by atoms with Crippen LogP contribution in [0.25, 0.3) is 0 Å². The molecule has 1 aromatic carbocycles. The number of carbonyl (C=O) groups is 1. The second-order valence-electron chi connectivity index (χ2n) is 5.50. The summed E-state index contributed by atoms with van der Waals surface area (Å²) >= 11 is 1.22. The van der Waals surface area contributed by atoms with Gasteiger partial charge < -0.3 is 15.7 Å². The van der Waals surface area contributed by atoms with Crippen molar-refractivity contribution < 1.29 is 9.90 Å². The Labute approximate surface area is 148 Å². The van der Waals surface area contributed by atoms with Gasteiger partial charge in [0.05, 0.1) is 11.9 Å². The molecule has 0 spiro atoms. The molecule has 0 aliphatic heterocycles. The minimum absolute atomic E-state index is 0.145. The van der Waals surface area contributed by atoms with Gasteiger partial charge in [0.25, 0.3) is 5.91 Å². The first-order valence-corrected chi connectivity index (χ1v) is 8.38. The van der Waals surface area contributed by atoms with Crippen molar-refractivity contribution in [3.8, 4) is 5.75 Å². The van der Waals surface area contributed by atoms with Gasteiger partial charge in [0.1, 0.15) is 22.3 Å². The van der Waals surface area contributed by atoms with Crippen LogP contribution in [0.1, 0.15) is 26.6 Å². The summed E-state index contributed by atoms with van der Waals surface area (Å²) in [4.78, 5) is 25.4. The highest BCUT2D eigenvalue weighted by Gasteiger charge is 2.15. The standard InChI is InChI=1S/C17H17N5O2S/c1-9-4-5-12(23)10(2)15(9)22-16(24)13-8-19-17(25-13)21-14-6-7-18-11(3)20-14/h4-8,23H,1-3H3,(H,22,24)(H,18,19,20,21). The molecule has 128 valence electrons. The van der Waals surface area contributed by atoms with Gasteiger partial charge in [-0.05, 0) is 38.5 Å². The molecule has 0 unspecified atom stereocenters. The van der Waals surface area contributed by atoms with E-state index in [4.69, 9.17) is 0 Å². The predicted octanol–water partition coefficient (Wildman–Crippen LogP) is 3.56. The quantitative estimate of drug-likeness (QED) is 0.662. The van der Waals surface area contributed by atoms with E-state index in [0.717, 1.165) is 5.56 Å². The molecule has 0 radical (unpaired) electrons. The van der Waals surface area contributed by atoms with E-state index in [1.165, 1.54) is 17.5 Å². The van der Waals surface area contributed by atoms with E-state index in [-0.39, 0.29) is 11.7 Å². The number of phenolic OH excluding ortho intramolecular Hbond substituents is 1. The lowest BCUT2D eigenvalue weighted by molar-refractivity contribution is 0.103. The van der Waals surface area contributed by atoms with E-state index in [1.807, 2.05) is 6.92 Å². The van der Waals surface area contributed by atoms with Gasteiger partial charge >= 0.3 is 0 Å². The molecule has 2 heterocycles. The lowest BCUT2D eigenvalue weighted by Crippen LogP contribution is -2.12. The highest BCUT2D eigenvalue weighted by atomic mass is 32.1. The van der Waals surface area contributed by atoms with E-state index < -0.39 is 0 Å². The first kappa shape index (κ1) is 16.8. The van der Waals surface area contributed by atoms with Crippen LogP contribution in [-0.4, -0.2) is 26.0 Å². The number of rotatable bonds is 4. The summed E-state index contributed by atoms with van der Waals surface area (Å²) in [6.07, 6.45) is 3.16. The molecule has 8 heteroatoms. The summed E-state index contributed by atoms with van der Waals surface area (Å²) in [5.74, 6) is 1.13. The topological polar surface area (TPSA) is 100 Å². The van der Waals surface area contributed by atoms with Crippen molar-refractivity contribution >= 4 is 33.9 Å². The van der Waals surface area contributed by atoms with Crippen LogP contribution in [-0.2, 0) is 0 Å². The molecule has 3 rings (SSSR count). The summed E-state index contributed by atoms with van der Waals surface area (Å²) in [6.45, 7) is 5.43. The molecule has 0 saturated carbocycles. The van der Waals surface area contributed by atoms with Gasteiger partial charge in [-0.1, -0.05) is 17.4 Å². The van der Waals surface area contributed by atoms with Gasteiger partial charge in [0.2, 0.25) is 0 Å². The van der Waals surface area contributed by atoms with Crippen molar-refractivity contribution in [2.45, 2.75) is 20.8 Å². The van der Waals surface area contributed by atoms with E-state index in [2.05, 4.69) is 25.6 Å². The smallest absolute Gasteiger partial charge is 0.267 e. The molecule has 7 nitrogen and oxygen atoms in total. The first-order chi connectivity index (χ1) is 11.9. The zero-order valence-electron chi connectivity index (χ0n) is 14.0. The number of thiazole rings is 1. The number of hydrogen-bond donors (Lipinski definition) is 3. The third-order valence-electron chi connectivity index (χ3n) is 3.62. The Morgan fingerprint density at radius 1 is 1.16 bits per heavy atom. The summed E-state index contributed by atoms with van der Waals surface area (Å²) in [7, 11) is 0. The van der Waals surface area contributed by atoms with E-state index in [9.17, 15) is 9.90 Å². The average Bonchev–Trinajstić information content (AvgIpc) is 3.03. The Morgan fingerprint density at radius 3 is 2.72 bits per heavy atom. The largest absolute Gasteiger partial charge is 0.508 e. The fraction of sp³-hybridized carbons (Fsp3) is 0.176. The Kier molecular flexibility index (Phi) is 4.62. The van der Waals surface area contributed by atoms with Gasteiger partial charge in [-0.3, -0.25) is 4.79 Å². The molecule has 0 bridgehead atoms. The Morgan fingerprint density at radius 2 is 1.96 bits per heavy atom. The number of aryl methyl sites for hydroxylation is 2. The maximum Gasteiger partial charge on any atom is 0.267 e. The summed E-state index contributed by atoms with van der Waals surface area (Å²) in [5, 5.41) is 16.3. The SMILES string of the molecule is Cc1nccc(Nc2ncc(C(=O)Nc3c(C)ccc(O)c3C)s2)n1. The van der Waals surface area contributed by atoms with Crippen molar-refractivity contribution in [3.63, 3.8) is 0 Å². The average molecular weight is 355 g/mol. The number of phenols is 1. The Bertz CT molecular complexity index is 939. The van der Waals surface area contributed by atoms with Crippen molar-refractivity contribution in [2.24, 2.45) is 0 Å². The molecule has 0 aliphatic rings. The minimum Gasteiger partial charge on any atom is -0.508 e. The normalized spacial score (nSPS) is 10.5. The number of carbonyl (C=O) groups excluding carboxylic acids is 1. The number of benzene rings is 1. The van der Waals surface area contributed by atoms with Crippen LogP contribution in [0.15, 0.2) is 30.6 Å². The lowest BCUT2D eigenvalue weighted by Gasteiger charge is -2.11. The molecule has 0 saturated heterocycles. The van der Waals surface area contributed by atoms with Crippen LogP contribution >= 0.6 is 11.3 Å². The van der Waals surface area contributed by atoms with E-state index in [1.54, 1.807) is 38.2 Å². The molecule has 25 heavy (non-hydrogen) atoms. The number of hydrogen-bond acceptors (Lipinski definition) is 7. The van der Waals surface area contributed by atoms with Gasteiger partial charge in [-0.25, -0.2) is 15.0 Å². The fourth-order valence-corrected chi connectivity index (χ4v) is 2.99. The van der Waals surface area contributed by atoms with Crippen LogP contribution in [0, 0.1) is 20.8 Å². The molecule has 1 amide bonds. The summed E-state index contributed by atoms with van der Waals surface area (Å²) in [6, 6.07) is 5.10. The highest BCUT2D eigenvalue weighted by Crippen LogP contribution is 2.29. The minimum atomic E-state index is -0.277. The van der Waals surface area contributed by atoms with Crippen molar-refractivity contribution in [1.29, 1.82) is 0 Å². The third kappa shape index (κ3) is 3.74. The van der Waals surface area contributed by atoms with Crippen molar-refractivity contribution in [1.82, 2.24) is 15.0 Å². The van der Waals surface area contributed by atoms with Gasteiger partial charge in [-0.2, -0.15) is 0 Å². The molecule has 2 aromatic heterocycles. The van der Waals surface area contributed by atoms with E-state index in [0.29, 0.717) is 32.9 Å². The molecule has 3 aromatic rings. The Balaban J connectivity index is 1.76. The number of nitrogens with one attached hydrogen (secondary N) is 2. The van der Waals surface area contributed by atoms with Gasteiger partial charge in [-0.15, -0.1) is 0 Å². The van der Waals surface area contributed by atoms with Crippen LogP contribution < -0.4 is 10.6 Å². The van der Waals surface area contributed by atoms with Gasteiger partial charge in [0, 0.05) is 11.8 Å². The predicted molar refractivity (Wildman–Crippen MR) is 97.7 cm³/mol. The summed E-state index contributed by atoms with van der Waals surface area (Å²) in [5.41, 5.74) is 2.12. The summed E-state index contributed by atoms with van der Waals surface area (Å²) < 4.78 is 0. The molecule has 3 N–H and O–H groups in total. The number of anilines is 3. The number of amides is 1. The van der Waals surface area contributed by atoms with Crippen LogP contribution in [0.5, 0.6) is 5.75 Å². The number of aromatic nitrogens is 3.